The van der Waals surface area contributed by atoms with Gasteiger partial charge in [-0.3, -0.25) is 4.79 Å². The fourth-order valence-corrected chi connectivity index (χ4v) is 8.45. The van der Waals surface area contributed by atoms with Crippen LogP contribution in [-0.2, 0) is 9.53 Å². The van der Waals surface area contributed by atoms with E-state index < -0.39 is 34.7 Å². The summed E-state index contributed by atoms with van der Waals surface area (Å²) >= 11 is 0. The first kappa shape index (κ1) is 24.6. The number of fused-ring (bicyclic) bond motifs is 6. The molecule has 0 spiro atoms. The molecule has 11 atom stereocenters. The van der Waals surface area contributed by atoms with E-state index in [-0.39, 0.29) is 35.7 Å². The lowest BCUT2D eigenvalue weighted by Gasteiger charge is -2.56. The van der Waals surface area contributed by atoms with Crippen molar-refractivity contribution in [3.05, 3.63) is 22.8 Å². The Labute approximate surface area is 203 Å². The molecule has 0 amide bonds. The number of ether oxygens (including phenoxy) is 1. The van der Waals surface area contributed by atoms with E-state index in [1.54, 1.807) is 0 Å². The quantitative estimate of drug-likeness (QED) is 0.469. The van der Waals surface area contributed by atoms with Crippen molar-refractivity contribution >= 4 is 5.78 Å². The van der Waals surface area contributed by atoms with E-state index in [2.05, 4.69) is 19.9 Å². The molecule has 0 radical (unpaired) electrons. The van der Waals surface area contributed by atoms with Crippen LogP contribution in [0.15, 0.2) is 22.8 Å². The number of allylic oxidation sites excluding steroid dienone is 1. The molecular weight excluding hydrogens is 432 g/mol. The minimum atomic E-state index is -1.35. The van der Waals surface area contributed by atoms with E-state index >= 15 is 0 Å². The molecule has 0 aromatic carbocycles. The summed E-state index contributed by atoms with van der Waals surface area (Å²) in [5.41, 5.74) is -0.630. The number of Topliss-reactive ketones (excluding diaryl/α,β-unsaturated/α-hetero) is 1. The normalized spacial score (nSPS) is 49.9. The molecule has 4 N–H and O–H groups in total. The fraction of sp³-hybridized carbons (Fsp3) is 0.821. The maximum Gasteiger partial charge on any atom is 0.188 e. The molecule has 3 fully saturated rings. The lowest BCUT2D eigenvalue weighted by atomic mass is 9.50. The van der Waals surface area contributed by atoms with E-state index in [4.69, 9.17) is 4.74 Å². The van der Waals surface area contributed by atoms with Crippen molar-refractivity contribution in [3.8, 4) is 0 Å². The first-order valence-corrected chi connectivity index (χ1v) is 13.2. The van der Waals surface area contributed by atoms with Gasteiger partial charge in [0.15, 0.2) is 5.78 Å². The van der Waals surface area contributed by atoms with Gasteiger partial charge in [0.05, 0.1) is 30.0 Å². The zero-order valence-electron chi connectivity index (χ0n) is 21.4. The molecule has 0 aromatic rings. The average molecular weight is 475 g/mol. The van der Waals surface area contributed by atoms with Crippen molar-refractivity contribution in [1.29, 1.82) is 0 Å². The zero-order chi connectivity index (χ0) is 25.0. The molecule has 0 unspecified atom stereocenters. The Hall–Kier alpha value is -1.05. The van der Waals surface area contributed by atoms with Crippen LogP contribution in [0.2, 0.25) is 0 Å². The standard InChI is InChI=1S/C28H42O6/c1-13(2)14(3)22(30)24-15(4)20-19(34-24)12-28(33)18-8-7-16-11-17(29)9-10-26(16,5)21(18)23(31)25(32)27(20,28)6/h7,13-15,17,19-20,22,24-25,29-30,32-33H,8-12H2,1-6H3/t14-,15+,17+,19+,20+,22-,24-,25+,26+,27+,28+/m1/s1. The van der Waals surface area contributed by atoms with Crippen molar-refractivity contribution in [2.24, 2.45) is 34.5 Å². The van der Waals surface area contributed by atoms with Crippen LogP contribution in [-0.4, -0.2) is 62.3 Å². The minimum absolute atomic E-state index is 0.0497. The van der Waals surface area contributed by atoms with E-state index in [0.717, 1.165) is 11.1 Å². The summed E-state index contributed by atoms with van der Waals surface area (Å²) < 4.78 is 6.46. The first-order chi connectivity index (χ1) is 15.8. The van der Waals surface area contributed by atoms with Crippen LogP contribution in [0.25, 0.3) is 0 Å². The summed E-state index contributed by atoms with van der Waals surface area (Å²) in [5, 5.41) is 45.3. The molecular formula is C28H42O6. The molecule has 34 heavy (non-hydrogen) atoms. The highest BCUT2D eigenvalue weighted by Gasteiger charge is 2.74. The predicted molar refractivity (Wildman–Crippen MR) is 128 cm³/mol. The minimum Gasteiger partial charge on any atom is -0.393 e. The Kier molecular flexibility index (Phi) is 5.60. The topological polar surface area (TPSA) is 107 Å². The Bertz CT molecular complexity index is 953. The summed E-state index contributed by atoms with van der Waals surface area (Å²) in [6, 6.07) is 0. The third-order valence-corrected chi connectivity index (χ3v) is 10.9. The van der Waals surface area contributed by atoms with Gasteiger partial charge in [-0.15, -0.1) is 0 Å². The van der Waals surface area contributed by atoms with Gasteiger partial charge >= 0.3 is 0 Å². The zero-order valence-corrected chi connectivity index (χ0v) is 21.4. The van der Waals surface area contributed by atoms with Gasteiger partial charge in [-0.2, -0.15) is 0 Å². The van der Waals surface area contributed by atoms with Gasteiger partial charge in [0.1, 0.15) is 6.10 Å². The molecule has 1 heterocycles. The van der Waals surface area contributed by atoms with Gasteiger partial charge < -0.3 is 25.2 Å². The molecule has 4 aliphatic carbocycles. The average Bonchev–Trinajstić information content (AvgIpc) is 3.22. The molecule has 1 saturated heterocycles. The Morgan fingerprint density at radius 3 is 2.50 bits per heavy atom. The highest BCUT2D eigenvalue weighted by Crippen LogP contribution is 2.68. The van der Waals surface area contributed by atoms with Gasteiger partial charge in [-0.05, 0) is 49.0 Å². The van der Waals surface area contributed by atoms with Crippen LogP contribution in [0.3, 0.4) is 0 Å². The number of carbonyl (C=O) groups is 1. The fourth-order valence-electron chi connectivity index (χ4n) is 8.45. The Morgan fingerprint density at radius 1 is 1.18 bits per heavy atom. The van der Waals surface area contributed by atoms with Crippen molar-refractivity contribution in [1.82, 2.24) is 0 Å². The Morgan fingerprint density at radius 2 is 1.85 bits per heavy atom. The van der Waals surface area contributed by atoms with Crippen LogP contribution in [0, 0.1) is 34.5 Å². The second-order valence-electron chi connectivity index (χ2n) is 12.7. The molecule has 6 nitrogen and oxygen atoms in total. The van der Waals surface area contributed by atoms with E-state index in [0.29, 0.717) is 43.6 Å². The van der Waals surface area contributed by atoms with Crippen LogP contribution in [0.5, 0.6) is 0 Å². The molecule has 5 aliphatic rings. The van der Waals surface area contributed by atoms with E-state index in [1.807, 2.05) is 27.7 Å². The summed E-state index contributed by atoms with van der Waals surface area (Å²) in [6.07, 6.45) is 1.54. The molecule has 6 heteroatoms. The smallest absolute Gasteiger partial charge is 0.188 e. The molecule has 5 rings (SSSR count). The van der Waals surface area contributed by atoms with Gasteiger partial charge in [0.2, 0.25) is 0 Å². The van der Waals surface area contributed by atoms with Crippen LogP contribution < -0.4 is 0 Å². The number of hydrogen-bond donors (Lipinski definition) is 4. The number of ketones is 1. The number of aliphatic hydroxyl groups excluding tert-OH is 3. The van der Waals surface area contributed by atoms with Gasteiger partial charge in [0.25, 0.3) is 0 Å². The van der Waals surface area contributed by atoms with E-state index in [1.165, 1.54) is 0 Å². The molecule has 2 saturated carbocycles. The number of aliphatic hydroxyl groups is 4. The maximum atomic E-state index is 13.9. The van der Waals surface area contributed by atoms with Crippen molar-refractivity contribution in [2.75, 3.05) is 0 Å². The highest BCUT2D eigenvalue weighted by atomic mass is 16.5. The second-order valence-corrected chi connectivity index (χ2v) is 12.7. The van der Waals surface area contributed by atoms with Gasteiger partial charge in [-0.1, -0.05) is 53.2 Å². The second kappa shape index (κ2) is 7.72. The predicted octanol–water partition coefficient (Wildman–Crippen LogP) is 2.92. The SMILES string of the molecule is CC(C)[C@@H](C)[C@@H](O)[C@@H]1O[C@H]2C[C@]3(O)C4=C(C(=O)[C@H](O)[C@]3(C)[C@H]2[C@@H]1C)[C@@]1(C)CC[C@H](O)CC1=CC4. The lowest BCUT2D eigenvalue weighted by Crippen LogP contribution is -2.63. The summed E-state index contributed by atoms with van der Waals surface area (Å²) in [5.74, 6) is -0.283. The van der Waals surface area contributed by atoms with Gasteiger partial charge in [-0.25, -0.2) is 0 Å². The number of carbonyl (C=O) groups excluding carboxylic acids is 1. The largest absolute Gasteiger partial charge is 0.393 e. The van der Waals surface area contributed by atoms with Crippen LogP contribution in [0.1, 0.15) is 73.6 Å². The molecule has 0 aromatic heterocycles. The molecule has 1 aliphatic heterocycles. The summed E-state index contributed by atoms with van der Waals surface area (Å²) in [6.45, 7) is 12.1. The number of hydrogen-bond acceptors (Lipinski definition) is 6. The molecule has 190 valence electrons. The van der Waals surface area contributed by atoms with Crippen molar-refractivity contribution in [2.45, 2.75) is 110 Å². The highest BCUT2D eigenvalue weighted by molar-refractivity contribution is 6.04. The first-order valence-electron chi connectivity index (χ1n) is 13.2. The van der Waals surface area contributed by atoms with E-state index in [9.17, 15) is 25.2 Å². The molecule has 0 bridgehead atoms. The van der Waals surface area contributed by atoms with Gasteiger partial charge in [0, 0.05) is 28.7 Å². The Balaban J connectivity index is 1.55. The van der Waals surface area contributed by atoms with Crippen molar-refractivity contribution in [3.63, 3.8) is 0 Å². The lowest BCUT2D eigenvalue weighted by molar-refractivity contribution is -0.161. The van der Waals surface area contributed by atoms with Crippen LogP contribution in [0.4, 0.5) is 0 Å². The summed E-state index contributed by atoms with van der Waals surface area (Å²) in [7, 11) is 0. The monoisotopic (exact) mass is 474 g/mol. The van der Waals surface area contributed by atoms with Crippen molar-refractivity contribution < 1.29 is 30.0 Å². The third-order valence-electron chi connectivity index (χ3n) is 10.9. The van der Waals surface area contributed by atoms with Crippen LogP contribution >= 0.6 is 0 Å². The number of rotatable bonds is 3. The summed E-state index contributed by atoms with van der Waals surface area (Å²) in [4.78, 5) is 13.9. The third kappa shape index (κ3) is 2.89. The maximum absolute atomic E-state index is 13.9.